The number of rotatable bonds is 6. The maximum absolute atomic E-state index is 10.5. The summed E-state index contributed by atoms with van der Waals surface area (Å²) in [6.45, 7) is 3.22. The van der Waals surface area contributed by atoms with Gasteiger partial charge >= 0.3 is 5.00 Å². The third kappa shape index (κ3) is 4.26. The minimum absolute atomic E-state index is 0.180. The molecule has 6 heteroatoms. The molecule has 0 aliphatic heterocycles. The lowest BCUT2D eigenvalue weighted by molar-refractivity contribution is -0.380. The minimum atomic E-state index is -0.371. The molecule has 0 amide bonds. The Labute approximate surface area is 98.5 Å². The van der Waals surface area contributed by atoms with Crippen LogP contribution in [0.15, 0.2) is 12.1 Å². The first-order valence-corrected chi connectivity index (χ1v) is 5.90. The first kappa shape index (κ1) is 13.1. The van der Waals surface area contributed by atoms with E-state index in [2.05, 4.69) is 0 Å². The summed E-state index contributed by atoms with van der Waals surface area (Å²) < 4.78 is 0. The Bertz CT molecular complexity index is 352. The fraction of sp³-hybridized carbons (Fsp3) is 0.600. The molecular weight excluding hydrogens is 228 g/mol. The van der Waals surface area contributed by atoms with E-state index in [1.807, 2.05) is 11.9 Å². The molecule has 1 rings (SSSR count). The molecule has 1 N–H and O–H groups in total. The highest BCUT2D eigenvalue weighted by Crippen LogP contribution is 2.24. The number of thiophene rings is 1. The van der Waals surface area contributed by atoms with Crippen LogP contribution in [0.3, 0.4) is 0 Å². The average molecular weight is 244 g/mol. The zero-order valence-electron chi connectivity index (χ0n) is 9.42. The zero-order chi connectivity index (χ0) is 12.1. The monoisotopic (exact) mass is 244 g/mol. The fourth-order valence-electron chi connectivity index (χ4n) is 1.30. The van der Waals surface area contributed by atoms with Crippen LogP contribution in [0.5, 0.6) is 0 Å². The molecule has 1 atom stereocenters. The van der Waals surface area contributed by atoms with Gasteiger partial charge in [-0.05, 0) is 26.5 Å². The van der Waals surface area contributed by atoms with Crippen molar-refractivity contribution < 1.29 is 10.0 Å². The Morgan fingerprint density at radius 1 is 1.62 bits per heavy atom. The fourth-order valence-corrected chi connectivity index (χ4v) is 2.20. The molecule has 0 aliphatic carbocycles. The molecule has 0 fully saturated rings. The van der Waals surface area contributed by atoms with Crippen LogP contribution in [-0.4, -0.2) is 34.6 Å². The SMILES string of the molecule is CC(O)CCN(C)Cc1ccc([N+](=O)[O-])s1. The largest absolute Gasteiger partial charge is 0.393 e. The smallest absolute Gasteiger partial charge is 0.324 e. The van der Waals surface area contributed by atoms with E-state index in [4.69, 9.17) is 5.11 Å². The van der Waals surface area contributed by atoms with Crippen molar-refractivity contribution in [3.8, 4) is 0 Å². The average Bonchev–Trinajstić information content (AvgIpc) is 2.63. The standard InChI is InChI=1S/C10H16N2O3S/c1-8(13)5-6-11(2)7-9-3-4-10(16-9)12(14)15/h3-4,8,13H,5-7H2,1-2H3. The molecule has 90 valence electrons. The summed E-state index contributed by atoms with van der Waals surface area (Å²) >= 11 is 1.20. The maximum Gasteiger partial charge on any atom is 0.324 e. The van der Waals surface area contributed by atoms with Crippen molar-refractivity contribution in [3.63, 3.8) is 0 Å². The minimum Gasteiger partial charge on any atom is -0.393 e. The van der Waals surface area contributed by atoms with E-state index in [0.29, 0.717) is 13.0 Å². The highest BCUT2D eigenvalue weighted by atomic mass is 32.1. The number of nitro groups is 1. The number of hydrogen-bond donors (Lipinski definition) is 1. The van der Waals surface area contributed by atoms with E-state index in [0.717, 1.165) is 11.4 Å². The highest BCUT2D eigenvalue weighted by molar-refractivity contribution is 7.15. The molecule has 1 heterocycles. The van der Waals surface area contributed by atoms with Crippen LogP contribution in [0.2, 0.25) is 0 Å². The third-order valence-electron chi connectivity index (χ3n) is 2.18. The van der Waals surface area contributed by atoms with E-state index in [-0.39, 0.29) is 16.0 Å². The Hall–Kier alpha value is -0.980. The highest BCUT2D eigenvalue weighted by Gasteiger charge is 2.11. The first-order chi connectivity index (χ1) is 7.49. The van der Waals surface area contributed by atoms with Gasteiger partial charge in [0.25, 0.3) is 0 Å². The second kappa shape index (κ2) is 5.93. The van der Waals surface area contributed by atoms with Crippen molar-refractivity contribution in [3.05, 3.63) is 27.1 Å². The molecule has 0 aromatic carbocycles. The van der Waals surface area contributed by atoms with E-state index in [9.17, 15) is 10.1 Å². The summed E-state index contributed by atoms with van der Waals surface area (Å²) in [4.78, 5) is 13.1. The van der Waals surface area contributed by atoms with Gasteiger partial charge in [-0.15, -0.1) is 0 Å². The van der Waals surface area contributed by atoms with Gasteiger partial charge in [-0.25, -0.2) is 0 Å². The molecule has 5 nitrogen and oxygen atoms in total. The van der Waals surface area contributed by atoms with Crippen molar-refractivity contribution in [2.24, 2.45) is 0 Å². The Morgan fingerprint density at radius 2 is 2.31 bits per heavy atom. The van der Waals surface area contributed by atoms with E-state index < -0.39 is 0 Å². The van der Waals surface area contributed by atoms with Gasteiger partial charge in [-0.1, -0.05) is 11.3 Å². The van der Waals surface area contributed by atoms with Crippen molar-refractivity contribution in [1.82, 2.24) is 4.90 Å². The number of aliphatic hydroxyl groups is 1. The molecule has 0 saturated heterocycles. The molecule has 0 bridgehead atoms. The molecule has 0 aliphatic rings. The normalized spacial score (nSPS) is 13.0. The Balaban J connectivity index is 2.43. The van der Waals surface area contributed by atoms with Gasteiger partial charge in [0.2, 0.25) is 0 Å². The van der Waals surface area contributed by atoms with Gasteiger partial charge in [-0.3, -0.25) is 10.1 Å². The lowest BCUT2D eigenvalue weighted by Gasteiger charge is -2.16. The van der Waals surface area contributed by atoms with Crippen LogP contribution in [0, 0.1) is 10.1 Å². The van der Waals surface area contributed by atoms with E-state index >= 15 is 0 Å². The molecule has 16 heavy (non-hydrogen) atoms. The van der Waals surface area contributed by atoms with E-state index in [1.54, 1.807) is 13.0 Å². The molecule has 0 spiro atoms. The topological polar surface area (TPSA) is 66.6 Å². The van der Waals surface area contributed by atoms with Crippen LogP contribution < -0.4 is 0 Å². The summed E-state index contributed by atoms with van der Waals surface area (Å²) in [7, 11) is 1.94. The van der Waals surface area contributed by atoms with Crippen LogP contribution in [0.4, 0.5) is 5.00 Å². The summed E-state index contributed by atoms with van der Waals surface area (Å²) in [6.07, 6.45) is 0.407. The third-order valence-corrected chi connectivity index (χ3v) is 3.20. The molecule has 1 aromatic heterocycles. The first-order valence-electron chi connectivity index (χ1n) is 5.08. The quantitative estimate of drug-likeness (QED) is 0.612. The summed E-state index contributed by atoms with van der Waals surface area (Å²) in [6, 6.07) is 3.31. The molecule has 1 aromatic rings. The van der Waals surface area contributed by atoms with Crippen LogP contribution in [0.25, 0.3) is 0 Å². The summed E-state index contributed by atoms with van der Waals surface area (Å²) in [5.74, 6) is 0. The van der Waals surface area contributed by atoms with Gasteiger partial charge in [0, 0.05) is 24.0 Å². The van der Waals surface area contributed by atoms with Crippen molar-refractivity contribution in [1.29, 1.82) is 0 Å². The molecule has 0 radical (unpaired) electrons. The van der Waals surface area contributed by atoms with Crippen molar-refractivity contribution in [2.75, 3.05) is 13.6 Å². The van der Waals surface area contributed by atoms with Crippen molar-refractivity contribution in [2.45, 2.75) is 26.0 Å². The molecular formula is C10H16N2O3S. The summed E-state index contributed by atoms with van der Waals surface area (Å²) in [5.41, 5.74) is 0. The van der Waals surface area contributed by atoms with Crippen LogP contribution >= 0.6 is 11.3 Å². The predicted molar refractivity (Wildman–Crippen MR) is 63.6 cm³/mol. The lowest BCUT2D eigenvalue weighted by atomic mass is 10.3. The van der Waals surface area contributed by atoms with Gasteiger partial charge in [0.15, 0.2) is 0 Å². The number of aliphatic hydroxyl groups excluding tert-OH is 1. The Kier molecular flexibility index (Phi) is 4.85. The summed E-state index contributed by atoms with van der Waals surface area (Å²) in [5, 5.41) is 19.8. The van der Waals surface area contributed by atoms with Gasteiger partial charge in [-0.2, -0.15) is 0 Å². The van der Waals surface area contributed by atoms with E-state index in [1.165, 1.54) is 17.4 Å². The maximum atomic E-state index is 10.5. The van der Waals surface area contributed by atoms with Crippen LogP contribution in [-0.2, 0) is 6.54 Å². The zero-order valence-corrected chi connectivity index (χ0v) is 10.2. The van der Waals surface area contributed by atoms with Crippen molar-refractivity contribution >= 4 is 16.3 Å². The van der Waals surface area contributed by atoms with Crippen LogP contribution in [0.1, 0.15) is 18.2 Å². The second-order valence-corrected chi connectivity index (χ2v) is 5.02. The number of nitrogens with zero attached hydrogens (tertiary/aromatic N) is 2. The molecule has 0 saturated carbocycles. The van der Waals surface area contributed by atoms with Gasteiger partial charge < -0.3 is 10.0 Å². The number of hydrogen-bond acceptors (Lipinski definition) is 5. The van der Waals surface area contributed by atoms with Gasteiger partial charge in [0.1, 0.15) is 0 Å². The molecule has 1 unspecified atom stereocenters. The second-order valence-electron chi connectivity index (χ2n) is 3.87. The van der Waals surface area contributed by atoms with Gasteiger partial charge in [0.05, 0.1) is 11.0 Å². The predicted octanol–water partition coefficient (Wildman–Crippen LogP) is 1.86. The lowest BCUT2D eigenvalue weighted by Crippen LogP contribution is -2.21. The Morgan fingerprint density at radius 3 is 2.81 bits per heavy atom.